The van der Waals surface area contributed by atoms with Crippen LogP contribution in [0.5, 0.6) is 0 Å². The van der Waals surface area contributed by atoms with Gasteiger partial charge in [0.25, 0.3) is 5.91 Å². The average Bonchev–Trinajstić information content (AvgIpc) is 3.25. The third-order valence-electron chi connectivity index (χ3n) is 5.66. The summed E-state index contributed by atoms with van der Waals surface area (Å²) in [6.07, 6.45) is 1.51. The molecule has 0 saturated carbocycles. The molecular formula is C22H27ClN7O3S+. The maximum atomic E-state index is 12.7. The van der Waals surface area contributed by atoms with Crippen LogP contribution in [0.25, 0.3) is 0 Å². The van der Waals surface area contributed by atoms with Gasteiger partial charge in [0.05, 0.1) is 36.6 Å². The maximum absolute atomic E-state index is 12.7. The van der Waals surface area contributed by atoms with E-state index in [2.05, 4.69) is 30.5 Å². The molecule has 0 spiro atoms. The molecule has 0 unspecified atom stereocenters. The van der Waals surface area contributed by atoms with Crippen LogP contribution in [0.3, 0.4) is 0 Å². The Hall–Kier alpha value is -2.83. The zero-order chi connectivity index (χ0) is 24.3. The van der Waals surface area contributed by atoms with Crippen LogP contribution >= 0.6 is 22.9 Å². The Morgan fingerprint density at radius 3 is 2.74 bits per heavy atom. The topological polar surface area (TPSA) is 124 Å². The standard InChI is InChI=1S/C22H26ClN7O3S/c1-14-4-3-5-16(23)20(14)28-21(32)17-13-24-22(34-17)27-18-12-19(26-15(2)25-18)29-6-8-30(33,9-7-29)10-11-31/h3-5,12-13,31,33H,6-11H2,1-2H3,(H-,24,25,26,27,28,32)/p+1. The first-order valence-electron chi connectivity index (χ1n) is 10.9. The van der Waals surface area contributed by atoms with Crippen LogP contribution in [0, 0.1) is 13.8 Å². The number of nitrogens with one attached hydrogen (secondary N) is 2. The normalized spacial score (nSPS) is 15.3. The second-order valence-corrected chi connectivity index (χ2v) is 9.61. The zero-order valence-electron chi connectivity index (χ0n) is 19.0. The number of aryl methyl sites for hydroxylation is 2. The minimum atomic E-state index is -0.289. The number of aromatic nitrogens is 3. The van der Waals surface area contributed by atoms with E-state index in [1.165, 1.54) is 17.5 Å². The van der Waals surface area contributed by atoms with Crippen molar-refractivity contribution in [2.45, 2.75) is 13.8 Å². The first-order chi connectivity index (χ1) is 16.3. The van der Waals surface area contributed by atoms with Crippen LogP contribution < -0.4 is 15.5 Å². The number of para-hydroxylation sites is 1. The van der Waals surface area contributed by atoms with Gasteiger partial charge in [0.1, 0.15) is 42.0 Å². The first-order valence-corrected chi connectivity index (χ1v) is 12.1. The Bertz CT molecular complexity index is 1160. The molecule has 3 heterocycles. The summed E-state index contributed by atoms with van der Waals surface area (Å²) in [7, 11) is 0. The number of aliphatic hydroxyl groups is 1. The zero-order valence-corrected chi connectivity index (χ0v) is 20.5. The fourth-order valence-corrected chi connectivity index (χ4v) is 4.75. The van der Waals surface area contributed by atoms with Gasteiger partial charge in [-0.25, -0.2) is 20.2 Å². The van der Waals surface area contributed by atoms with E-state index in [-0.39, 0.29) is 17.2 Å². The number of piperazine rings is 1. The van der Waals surface area contributed by atoms with E-state index in [0.29, 0.717) is 65.1 Å². The van der Waals surface area contributed by atoms with Crippen molar-refractivity contribution in [3.8, 4) is 0 Å². The minimum absolute atomic E-state index is 0.0526. The van der Waals surface area contributed by atoms with Gasteiger partial charge in [0.2, 0.25) is 0 Å². The first kappa shape index (κ1) is 24.3. The van der Waals surface area contributed by atoms with E-state index in [0.717, 1.165) is 11.4 Å². The summed E-state index contributed by atoms with van der Waals surface area (Å²) in [5.41, 5.74) is 1.46. The van der Waals surface area contributed by atoms with E-state index in [1.807, 2.05) is 32.0 Å². The number of nitrogens with zero attached hydrogens (tertiary/aromatic N) is 5. The summed E-state index contributed by atoms with van der Waals surface area (Å²) in [5, 5.41) is 26.6. The van der Waals surface area contributed by atoms with Gasteiger partial charge in [-0.3, -0.25) is 4.79 Å². The molecule has 3 aromatic rings. The Balaban J connectivity index is 1.44. The van der Waals surface area contributed by atoms with Crippen LogP contribution in [0.2, 0.25) is 5.02 Å². The van der Waals surface area contributed by atoms with Crippen molar-refractivity contribution < 1.29 is 19.8 Å². The lowest BCUT2D eigenvalue weighted by Crippen LogP contribution is -2.59. The lowest BCUT2D eigenvalue weighted by atomic mass is 10.2. The predicted octanol–water partition coefficient (Wildman–Crippen LogP) is 3.22. The van der Waals surface area contributed by atoms with E-state index in [9.17, 15) is 10.0 Å². The number of hydroxylamine groups is 3. The molecule has 0 radical (unpaired) electrons. The van der Waals surface area contributed by atoms with Gasteiger partial charge in [0, 0.05) is 6.07 Å². The molecule has 0 aliphatic carbocycles. The maximum Gasteiger partial charge on any atom is 0.267 e. The minimum Gasteiger partial charge on any atom is -0.390 e. The molecule has 4 N–H and O–H groups in total. The molecule has 1 aliphatic rings. The molecule has 180 valence electrons. The summed E-state index contributed by atoms with van der Waals surface area (Å²) in [6.45, 7) is 6.17. The van der Waals surface area contributed by atoms with E-state index >= 15 is 0 Å². The summed E-state index contributed by atoms with van der Waals surface area (Å²) >= 11 is 7.42. The van der Waals surface area contributed by atoms with Gasteiger partial charge >= 0.3 is 0 Å². The highest BCUT2D eigenvalue weighted by molar-refractivity contribution is 7.17. The number of quaternary nitrogens is 1. The number of thiazole rings is 1. The molecule has 0 atom stereocenters. The third-order valence-corrected chi connectivity index (χ3v) is 6.89. The molecule has 12 heteroatoms. The molecule has 1 amide bonds. The lowest BCUT2D eigenvalue weighted by Gasteiger charge is -2.38. The molecule has 1 fully saturated rings. The molecule has 0 bridgehead atoms. The summed E-state index contributed by atoms with van der Waals surface area (Å²) in [6, 6.07) is 7.26. The molecule has 34 heavy (non-hydrogen) atoms. The molecule has 10 nitrogen and oxygen atoms in total. The van der Waals surface area contributed by atoms with Crippen molar-refractivity contribution in [2.24, 2.45) is 0 Å². The Morgan fingerprint density at radius 2 is 2.03 bits per heavy atom. The number of amides is 1. The predicted molar refractivity (Wildman–Crippen MR) is 132 cm³/mol. The summed E-state index contributed by atoms with van der Waals surface area (Å²) in [4.78, 5) is 28.5. The van der Waals surface area contributed by atoms with Crippen molar-refractivity contribution in [1.29, 1.82) is 0 Å². The molecule has 1 aromatic carbocycles. The Kier molecular flexibility index (Phi) is 7.29. The fourth-order valence-electron chi connectivity index (χ4n) is 3.77. The lowest BCUT2D eigenvalue weighted by molar-refractivity contribution is -1.10. The number of aliphatic hydroxyl groups excluding tert-OH is 1. The number of hydrogen-bond donors (Lipinski definition) is 4. The van der Waals surface area contributed by atoms with Crippen LogP contribution in [0.4, 0.5) is 22.5 Å². The summed E-state index contributed by atoms with van der Waals surface area (Å²) in [5.74, 6) is 1.61. The van der Waals surface area contributed by atoms with Crippen molar-refractivity contribution >= 4 is 51.3 Å². The molecule has 1 saturated heterocycles. The monoisotopic (exact) mass is 504 g/mol. The fraction of sp³-hybridized carbons (Fsp3) is 0.364. The SMILES string of the molecule is Cc1nc(Nc2ncc(C(=O)Nc3c(C)cccc3Cl)s2)cc(N2CC[N+](O)(CCO)CC2)n1. The van der Waals surface area contributed by atoms with Gasteiger partial charge in [-0.1, -0.05) is 35.1 Å². The summed E-state index contributed by atoms with van der Waals surface area (Å²) < 4.78 is -0.139. The van der Waals surface area contributed by atoms with E-state index < -0.39 is 0 Å². The number of rotatable bonds is 7. The Morgan fingerprint density at radius 1 is 1.26 bits per heavy atom. The van der Waals surface area contributed by atoms with Crippen LogP contribution in [-0.4, -0.2) is 75.1 Å². The molecule has 2 aromatic heterocycles. The molecular weight excluding hydrogens is 478 g/mol. The van der Waals surface area contributed by atoms with Crippen molar-refractivity contribution in [3.05, 3.63) is 51.7 Å². The quantitative estimate of drug-likeness (QED) is 0.362. The number of halogens is 1. The van der Waals surface area contributed by atoms with Gasteiger partial charge in [0.15, 0.2) is 5.13 Å². The second-order valence-electron chi connectivity index (χ2n) is 8.18. The van der Waals surface area contributed by atoms with Crippen molar-refractivity contribution in [2.75, 3.05) is 54.9 Å². The van der Waals surface area contributed by atoms with E-state index in [1.54, 1.807) is 6.07 Å². The van der Waals surface area contributed by atoms with Gasteiger partial charge in [-0.05, 0) is 25.5 Å². The van der Waals surface area contributed by atoms with Gasteiger partial charge in [-0.15, -0.1) is 0 Å². The Labute approximate surface area is 206 Å². The number of carbonyl (C=O) groups excluding carboxylic acids is 1. The van der Waals surface area contributed by atoms with Crippen LogP contribution in [0.1, 0.15) is 21.1 Å². The molecule has 1 aliphatic heterocycles. The highest BCUT2D eigenvalue weighted by Crippen LogP contribution is 2.28. The highest BCUT2D eigenvalue weighted by Gasteiger charge is 2.32. The average molecular weight is 505 g/mol. The molecule has 4 rings (SSSR count). The van der Waals surface area contributed by atoms with Gasteiger partial charge in [-0.2, -0.15) is 4.65 Å². The van der Waals surface area contributed by atoms with Crippen LogP contribution in [-0.2, 0) is 0 Å². The van der Waals surface area contributed by atoms with Gasteiger partial charge < -0.3 is 20.6 Å². The smallest absolute Gasteiger partial charge is 0.267 e. The number of hydrogen-bond acceptors (Lipinski definition) is 9. The number of carbonyl (C=O) groups is 1. The van der Waals surface area contributed by atoms with Crippen molar-refractivity contribution in [3.63, 3.8) is 0 Å². The second kappa shape index (κ2) is 10.2. The van der Waals surface area contributed by atoms with Crippen LogP contribution in [0.15, 0.2) is 30.5 Å². The van der Waals surface area contributed by atoms with E-state index in [4.69, 9.17) is 16.7 Å². The largest absolute Gasteiger partial charge is 0.390 e. The highest BCUT2D eigenvalue weighted by atomic mass is 35.5. The number of benzene rings is 1. The van der Waals surface area contributed by atoms with Crippen molar-refractivity contribution in [1.82, 2.24) is 15.0 Å². The number of anilines is 4. The third kappa shape index (κ3) is 5.62.